The number of fused-ring (bicyclic) bond motifs is 10. The zero-order valence-corrected chi connectivity index (χ0v) is 27.9. The van der Waals surface area contributed by atoms with Crippen LogP contribution in [0.15, 0.2) is 94.5 Å². The van der Waals surface area contributed by atoms with Gasteiger partial charge in [0.2, 0.25) is 0 Å². The summed E-state index contributed by atoms with van der Waals surface area (Å²) in [5, 5.41) is 11.7. The summed E-state index contributed by atoms with van der Waals surface area (Å²) in [5.74, 6) is 0. The molecule has 0 aliphatic carbocycles. The number of hydrogen-bond donors (Lipinski definition) is 0. The first-order valence-corrected chi connectivity index (χ1v) is 17.9. The number of hydrogen-bond acceptors (Lipinski definition) is 4. The van der Waals surface area contributed by atoms with Crippen LogP contribution in [-0.2, 0) is 12.8 Å². The highest BCUT2D eigenvalue weighted by molar-refractivity contribution is 6.40. The first-order valence-electron chi connectivity index (χ1n) is 17.9. The molecule has 0 aliphatic heterocycles. The quantitative estimate of drug-likeness (QED) is 0.133. The van der Waals surface area contributed by atoms with E-state index in [9.17, 15) is 9.59 Å². The van der Waals surface area contributed by atoms with Crippen molar-refractivity contribution in [1.29, 1.82) is 0 Å². The molecule has 0 bridgehead atoms. The second kappa shape index (κ2) is 9.85. The average molecular weight is 649 g/mol. The maximum Gasteiger partial charge on any atom is 0.264 e. The molecule has 0 N–H and O–H groups in total. The van der Waals surface area contributed by atoms with Gasteiger partial charge in [0.25, 0.3) is 11.1 Å². The predicted molar refractivity (Wildman–Crippen MR) is 207 cm³/mol. The molecule has 0 aliphatic rings. The summed E-state index contributed by atoms with van der Waals surface area (Å²) in [6, 6.07) is 29.5. The van der Waals surface area contributed by atoms with Crippen molar-refractivity contribution in [3.8, 4) is 0 Å². The fourth-order valence-electron chi connectivity index (χ4n) is 8.95. The average Bonchev–Trinajstić information content (AvgIpc) is 3.72. The van der Waals surface area contributed by atoms with Crippen LogP contribution in [0.25, 0.3) is 98.0 Å². The highest BCUT2D eigenvalue weighted by atomic mass is 16.1. The van der Waals surface area contributed by atoms with Crippen LogP contribution >= 0.6 is 0 Å². The monoisotopic (exact) mass is 648 g/mol. The lowest BCUT2D eigenvalue weighted by atomic mass is 9.86. The van der Waals surface area contributed by atoms with Crippen LogP contribution in [0.3, 0.4) is 0 Å². The summed E-state index contributed by atoms with van der Waals surface area (Å²) >= 11 is 0. The first kappa shape index (κ1) is 28.0. The summed E-state index contributed by atoms with van der Waals surface area (Å²) < 4.78 is 3.63. The molecule has 4 aromatic heterocycles. The Morgan fingerprint density at radius 1 is 0.460 bits per heavy atom. The lowest BCUT2D eigenvalue weighted by molar-refractivity contribution is 0.795. The largest absolute Gasteiger partial charge is 0.268 e. The number of rotatable bonds is 6. The van der Waals surface area contributed by atoms with Crippen molar-refractivity contribution in [2.24, 2.45) is 0 Å². The van der Waals surface area contributed by atoms with E-state index in [0.717, 1.165) is 114 Å². The lowest BCUT2D eigenvalue weighted by Crippen LogP contribution is -2.14. The van der Waals surface area contributed by atoms with Crippen molar-refractivity contribution in [3.63, 3.8) is 0 Å². The molecule has 50 heavy (non-hydrogen) atoms. The van der Waals surface area contributed by atoms with Crippen LogP contribution in [-0.4, -0.2) is 18.8 Å². The molecule has 0 fully saturated rings. The van der Waals surface area contributed by atoms with Crippen LogP contribution in [0.2, 0.25) is 0 Å². The number of benzene rings is 7. The van der Waals surface area contributed by atoms with Crippen molar-refractivity contribution in [2.45, 2.75) is 52.4 Å². The number of pyridine rings is 2. The van der Waals surface area contributed by atoms with Crippen molar-refractivity contribution in [1.82, 2.24) is 18.8 Å². The normalized spacial score (nSPS) is 12.8. The summed E-state index contributed by atoms with van der Waals surface area (Å²) in [7, 11) is 0. The van der Waals surface area contributed by atoms with Gasteiger partial charge in [-0.05, 0) is 118 Å². The number of aryl methyl sites for hydroxylation is 2. The third-order valence-corrected chi connectivity index (χ3v) is 11.3. The lowest BCUT2D eigenvalue weighted by Gasteiger charge is -2.18. The van der Waals surface area contributed by atoms with Gasteiger partial charge in [-0.25, -0.2) is 9.97 Å². The van der Waals surface area contributed by atoms with E-state index in [1.165, 1.54) is 11.1 Å². The van der Waals surface area contributed by atoms with Crippen LogP contribution in [0.4, 0.5) is 0 Å². The van der Waals surface area contributed by atoms with Crippen molar-refractivity contribution in [2.75, 3.05) is 0 Å². The summed E-state index contributed by atoms with van der Waals surface area (Å²) in [6.45, 7) is 4.40. The van der Waals surface area contributed by atoms with Crippen molar-refractivity contribution < 1.29 is 0 Å². The third-order valence-electron chi connectivity index (χ3n) is 11.3. The third kappa shape index (κ3) is 3.43. The second-order valence-electron chi connectivity index (χ2n) is 14.1. The van der Waals surface area contributed by atoms with E-state index in [1.54, 1.807) is 0 Å². The molecule has 7 aromatic carbocycles. The van der Waals surface area contributed by atoms with Gasteiger partial charge < -0.3 is 0 Å². The molecule has 11 rings (SSSR count). The summed E-state index contributed by atoms with van der Waals surface area (Å²) in [6.07, 6.45) is 6.44. The summed E-state index contributed by atoms with van der Waals surface area (Å²) in [5.41, 5.74) is 7.20. The van der Waals surface area contributed by atoms with E-state index < -0.39 is 0 Å². The van der Waals surface area contributed by atoms with Gasteiger partial charge in [-0.2, -0.15) is 0 Å². The Kier molecular flexibility index (Phi) is 5.52. The Hall–Kier alpha value is -5.88. The Morgan fingerprint density at radius 3 is 1.22 bits per heavy atom. The van der Waals surface area contributed by atoms with E-state index in [1.807, 2.05) is 20.9 Å². The highest BCUT2D eigenvalue weighted by Crippen LogP contribution is 2.45. The highest BCUT2D eigenvalue weighted by Gasteiger charge is 2.24. The number of imidazole rings is 2. The zero-order valence-electron chi connectivity index (χ0n) is 27.9. The molecule has 0 unspecified atom stereocenters. The minimum absolute atomic E-state index is 0.0373. The molecule has 0 atom stereocenters. The molecule has 0 saturated carbocycles. The zero-order chi connectivity index (χ0) is 33.4. The Morgan fingerprint density at radius 2 is 0.820 bits per heavy atom. The smallest absolute Gasteiger partial charge is 0.264 e. The van der Waals surface area contributed by atoms with Gasteiger partial charge in [0.1, 0.15) is 11.3 Å². The van der Waals surface area contributed by atoms with E-state index in [0.29, 0.717) is 22.1 Å². The Bertz CT molecular complexity index is 3090. The molecule has 4 heterocycles. The minimum Gasteiger partial charge on any atom is -0.268 e. The maximum absolute atomic E-state index is 14.4. The fraction of sp³-hybridized carbons (Fsp3) is 0.182. The van der Waals surface area contributed by atoms with Crippen LogP contribution < -0.4 is 11.1 Å². The molecule has 0 amide bonds. The van der Waals surface area contributed by atoms with Crippen LogP contribution in [0.1, 0.15) is 50.7 Å². The maximum atomic E-state index is 14.4. The van der Waals surface area contributed by atoms with Gasteiger partial charge in [0, 0.05) is 32.3 Å². The molecule has 0 radical (unpaired) electrons. The van der Waals surface area contributed by atoms with E-state index in [4.69, 9.17) is 9.97 Å². The van der Waals surface area contributed by atoms with Gasteiger partial charge >= 0.3 is 0 Å². The van der Waals surface area contributed by atoms with E-state index in [2.05, 4.69) is 86.6 Å². The molecular weight excluding hydrogens is 617 g/mol. The molecular formula is C44H32N4O2. The second-order valence-corrected chi connectivity index (χ2v) is 14.1. The Balaban J connectivity index is 1.25. The van der Waals surface area contributed by atoms with Crippen molar-refractivity contribution in [3.05, 3.63) is 117 Å². The SMILES string of the molecule is CCCCc1ccc2nc3c4ccc5c6ccc7c(=O)n8c9cc(CCCC)ccc9nc8c8ccc(c9ccc(c(=O)n3c2c1)c4c95)c6c78. The number of aromatic nitrogens is 4. The summed E-state index contributed by atoms with van der Waals surface area (Å²) in [4.78, 5) is 38.8. The van der Waals surface area contributed by atoms with Gasteiger partial charge in [0.15, 0.2) is 0 Å². The topological polar surface area (TPSA) is 68.7 Å². The standard InChI is InChI=1S/C44H32N4O2/c1-3-5-7-23-9-19-33-35(21-23)47-41(45-33)29-15-11-25-28-14-18-32-40-30(16-12-26(38(28)40)27-13-17-31(43(47)49)39(29)37(25)27)42-46-34-20-10-24(8-6-4-2)22-36(34)48(42)44(32)50/h9-22H,3-8H2,1-2H3. The molecule has 240 valence electrons. The number of unbranched alkanes of at least 4 members (excludes halogenated alkanes) is 2. The number of nitrogens with zero attached hydrogens (tertiary/aromatic N) is 4. The van der Waals surface area contributed by atoms with Gasteiger partial charge in [-0.3, -0.25) is 18.4 Å². The van der Waals surface area contributed by atoms with Crippen LogP contribution in [0, 0.1) is 0 Å². The van der Waals surface area contributed by atoms with Crippen molar-refractivity contribution >= 4 is 98.0 Å². The van der Waals surface area contributed by atoms with Gasteiger partial charge in [0.05, 0.1) is 22.1 Å². The first-order chi connectivity index (χ1) is 24.6. The van der Waals surface area contributed by atoms with E-state index >= 15 is 0 Å². The molecule has 0 saturated heterocycles. The van der Waals surface area contributed by atoms with Crippen LogP contribution in [0.5, 0.6) is 0 Å². The van der Waals surface area contributed by atoms with Gasteiger partial charge in [-0.15, -0.1) is 0 Å². The molecule has 6 heteroatoms. The molecule has 11 aromatic rings. The molecule has 0 spiro atoms. The minimum atomic E-state index is -0.0373. The molecule has 6 nitrogen and oxygen atoms in total. The van der Waals surface area contributed by atoms with E-state index in [-0.39, 0.29) is 11.1 Å². The van der Waals surface area contributed by atoms with Gasteiger partial charge in [-0.1, -0.05) is 63.1 Å². The predicted octanol–water partition coefficient (Wildman–Crippen LogP) is 9.93. The fourth-order valence-corrected chi connectivity index (χ4v) is 8.95. The Labute approximate surface area is 285 Å².